The SMILES string of the molecule is NC(=O)Cn1cnc(C(N)=O)c1N=Nc1c(O)c(C(=O)Nc2ccccc2)cc2ccccc12. The van der Waals surface area contributed by atoms with Gasteiger partial charge in [-0.3, -0.25) is 14.4 Å². The van der Waals surface area contributed by atoms with Gasteiger partial charge in [-0.1, -0.05) is 42.5 Å². The average Bonchev–Trinajstić information content (AvgIpc) is 3.20. The van der Waals surface area contributed by atoms with Crippen LogP contribution in [0.3, 0.4) is 0 Å². The number of phenols is 1. The molecular formula is C23H19N7O4. The maximum atomic E-state index is 12.9. The lowest BCUT2D eigenvalue weighted by Crippen LogP contribution is -2.18. The topological polar surface area (TPSA) is 178 Å². The molecule has 0 spiro atoms. The van der Waals surface area contributed by atoms with Crippen molar-refractivity contribution in [1.82, 2.24) is 9.55 Å². The number of primary amides is 2. The Hall–Kier alpha value is -5.06. The van der Waals surface area contributed by atoms with Crippen LogP contribution in [0, 0.1) is 0 Å². The molecule has 0 saturated heterocycles. The van der Waals surface area contributed by atoms with Crippen molar-refractivity contribution in [3.8, 4) is 5.75 Å². The van der Waals surface area contributed by atoms with Gasteiger partial charge in [-0.05, 0) is 23.6 Å². The minimum absolute atomic E-state index is 0.0152. The lowest BCUT2D eigenvalue weighted by molar-refractivity contribution is -0.118. The van der Waals surface area contributed by atoms with Crippen LogP contribution in [0.1, 0.15) is 20.8 Å². The van der Waals surface area contributed by atoms with Crippen molar-refractivity contribution in [2.45, 2.75) is 6.54 Å². The van der Waals surface area contributed by atoms with Crippen LogP contribution in [-0.2, 0) is 11.3 Å². The molecule has 11 heteroatoms. The van der Waals surface area contributed by atoms with Gasteiger partial charge in [-0.15, -0.1) is 10.2 Å². The third-order valence-electron chi connectivity index (χ3n) is 4.89. The number of amides is 3. The van der Waals surface area contributed by atoms with Crippen LogP contribution in [0.15, 0.2) is 77.2 Å². The van der Waals surface area contributed by atoms with Crippen molar-refractivity contribution in [2.75, 3.05) is 5.32 Å². The molecule has 170 valence electrons. The second-order valence-corrected chi connectivity index (χ2v) is 7.24. The molecule has 0 radical (unpaired) electrons. The van der Waals surface area contributed by atoms with E-state index in [1.165, 1.54) is 17.0 Å². The molecule has 0 aliphatic carbocycles. The predicted molar refractivity (Wildman–Crippen MR) is 124 cm³/mol. The summed E-state index contributed by atoms with van der Waals surface area (Å²) in [7, 11) is 0. The highest BCUT2D eigenvalue weighted by Crippen LogP contribution is 2.39. The second-order valence-electron chi connectivity index (χ2n) is 7.24. The Labute approximate surface area is 192 Å². The van der Waals surface area contributed by atoms with E-state index in [9.17, 15) is 19.5 Å². The Morgan fingerprint density at radius 3 is 2.41 bits per heavy atom. The van der Waals surface area contributed by atoms with Gasteiger partial charge in [0, 0.05) is 11.1 Å². The summed E-state index contributed by atoms with van der Waals surface area (Å²) in [5, 5.41) is 22.9. The molecule has 0 atom stereocenters. The highest BCUT2D eigenvalue weighted by Gasteiger charge is 2.20. The number of aromatic nitrogens is 2. The molecule has 34 heavy (non-hydrogen) atoms. The number of hydrogen-bond donors (Lipinski definition) is 4. The summed E-state index contributed by atoms with van der Waals surface area (Å²) in [5.74, 6) is -2.67. The molecule has 1 aromatic heterocycles. The first-order valence-electron chi connectivity index (χ1n) is 10.0. The number of phenolic OH excluding ortho intramolecular Hbond substituents is 1. The van der Waals surface area contributed by atoms with Gasteiger partial charge >= 0.3 is 0 Å². The number of benzene rings is 3. The molecule has 0 unspecified atom stereocenters. The van der Waals surface area contributed by atoms with E-state index in [-0.39, 0.29) is 29.3 Å². The first-order chi connectivity index (χ1) is 16.3. The molecule has 4 aromatic rings. The second kappa shape index (κ2) is 9.20. The number of carbonyl (C=O) groups is 3. The third kappa shape index (κ3) is 4.43. The summed E-state index contributed by atoms with van der Waals surface area (Å²) >= 11 is 0. The predicted octanol–water partition coefficient (Wildman–Crippen LogP) is 2.99. The average molecular weight is 457 g/mol. The van der Waals surface area contributed by atoms with E-state index in [1.807, 2.05) is 6.07 Å². The van der Waals surface area contributed by atoms with Crippen LogP contribution < -0.4 is 16.8 Å². The molecule has 0 bridgehead atoms. The highest BCUT2D eigenvalue weighted by atomic mass is 16.3. The molecule has 3 aromatic carbocycles. The Morgan fingerprint density at radius 2 is 1.71 bits per heavy atom. The van der Waals surface area contributed by atoms with Crippen molar-refractivity contribution in [3.63, 3.8) is 0 Å². The fraction of sp³-hybridized carbons (Fsp3) is 0.0435. The summed E-state index contributed by atoms with van der Waals surface area (Å²) in [4.78, 5) is 39.9. The molecule has 6 N–H and O–H groups in total. The fourth-order valence-electron chi connectivity index (χ4n) is 3.35. The summed E-state index contributed by atoms with van der Waals surface area (Å²) in [6.45, 7) is -0.319. The Morgan fingerprint density at radius 1 is 1.00 bits per heavy atom. The lowest BCUT2D eigenvalue weighted by atomic mass is 10.0. The molecule has 11 nitrogen and oxygen atoms in total. The van der Waals surface area contributed by atoms with Gasteiger partial charge < -0.3 is 26.5 Å². The third-order valence-corrected chi connectivity index (χ3v) is 4.89. The van der Waals surface area contributed by atoms with Gasteiger partial charge in [0.05, 0.1) is 11.9 Å². The molecule has 4 rings (SSSR count). The summed E-state index contributed by atoms with van der Waals surface area (Å²) in [5.41, 5.74) is 10.9. The summed E-state index contributed by atoms with van der Waals surface area (Å²) in [6.07, 6.45) is 1.18. The van der Waals surface area contributed by atoms with Crippen molar-refractivity contribution in [2.24, 2.45) is 21.7 Å². The molecule has 3 amide bonds. The van der Waals surface area contributed by atoms with Gasteiger partial charge in [-0.25, -0.2) is 4.98 Å². The van der Waals surface area contributed by atoms with Crippen LogP contribution in [0.2, 0.25) is 0 Å². The zero-order valence-electron chi connectivity index (χ0n) is 17.7. The Bertz CT molecular complexity index is 1440. The van der Waals surface area contributed by atoms with Crippen LogP contribution in [-0.4, -0.2) is 32.4 Å². The molecule has 0 aliphatic rings. The quantitative estimate of drug-likeness (QED) is 0.311. The lowest BCUT2D eigenvalue weighted by Gasteiger charge is -2.11. The molecule has 0 fully saturated rings. The maximum Gasteiger partial charge on any atom is 0.271 e. The molecular weight excluding hydrogens is 438 g/mol. The van der Waals surface area contributed by atoms with E-state index in [0.29, 0.717) is 16.5 Å². The van der Waals surface area contributed by atoms with Gasteiger partial charge in [-0.2, -0.15) is 0 Å². The first-order valence-corrected chi connectivity index (χ1v) is 10.0. The number of imidazole rings is 1. The van der Waals surface area contributed by atoms with Gasteiger partial charge in [0.2, 0.25) is 5.91 Å². The number of nitrogens with two attached hydrogens (primary N) is 2. The van der Waals surface area contributed by atoms with E-state index in [2.05, 4.69) is 20.5 Å². The number of anilines is 1. The van der Waals surface area contributed by atoms with E-state index in [4.69, 9.17) is 11.5 Å². The largest absolute Gasteiger partial charge is 0.505 e. The standard InChI is InChI=1S/C23H19N7O4/c24-17(31)11-30-12-26-19(21(25)33)22(30)29-28-18-15-9-5-4-6-13(15)10-16(20(18)32)23(34)27-14-7-2-1-3-8-14/h1-10,12,32H,11H2,(H2,24,31)(H2,25,33)(H,27,34). The summed E-state index contributed by atoms with van der Waals surface area (Å²) in [6, 6.07) is 17.2. The van der Waals surface area contributed by atoms with E-state index >= 15 is 0 Å². The van der Waals surface area contributed by atoms with Crippen molar-refractivity contribution >= 4 is 45.7 Å². The Kier molecular flexibility index (Phi) is 5.99. The van der Waals surface area contributed by atoms with Crippen LogP contribution in [0.5, 0.6) is 5.75 Å². The smallest absolute Gasteiger partial charge is 0.271 e. The number of carbonyl (C=O) groups excluding carboxylic acids is 3. The minimum atomic E-state index is -0.887. The van der Waals surface area contributed by atoms with Crippen molar-refractivity contribution in [1.29, 1.82) is 0 Å². The first kappa shape index (κ1) is 22.1. The fourth-order valence-corrected chi connectivity index (χ4v) is 3.35. The summed E-state index contributed by atoms with van der Waals surface area (Å²) < 4.78 is 1.21. The molecule has 0 aliphatic heterocycles. The number of fused-ring (bicyclic) bond motifs is 1. The van der Waals surface area contributed by atoms with Crippen LogP contribution >= 0.6 is 0 Å². The monoisotopic (exact) mass is 457 g/mol. The zero-order valence-corrected chi connectivity index (χ0v) is 17.7. The molecule has 1 heterocycles. The van der Waals surface area contributed by atoms with Gasteiger partial charge in [0.15, 0.2) is 17.3 Å². The maximum absolute atomic E-state index is 12.9. The van der Waals surface area contributed by atoms with Gasteiger partial charge in [0.1, 0.15) is 12.2 Å². The number of azo groups is 1. The Balaban J connectivity index is 1.82. The van der Waals surface area contributed by atoms with Gasteiger partial charge in [0.25, 0.3) is 11.8 Å². The normalized spacial score (nSPS) is 11.1. The van der Waals surface area contributed by atoms with Crippen LogP contribution in [0.25, 0.3) is 10.8 Å². The van der Waals surface area contributed by atoms with E-state index in [1.54, 1.807) is 48.5 Å². The number of nitrogens with zero attached hydrogens (tertiary/aromatic N) is 4. The number of nitrogens with one attached hydrogen (secondary N) is 1. The zero-order chi connectivity index (χ0) is 24.2. The number of rotatable bonds is 7. The minimum Gasteiger partial charge on any atom is -0.505 e. The number of para-hydroxylation sites is 1. The highest BCUT2D eigenvalue weighted by molar-refractivity contribution is 6.11. The number of hydrogen-bond acceptors (Lipinski definition) is 7. The van der Waals surface area contributed by atoms with Crippen molar-refractivity contribution in [3.05, 3.63) is 78.2 Å². The van der Waals surface area contributed by atoms with E-state index < -0.39 is 23.5 Å². The van der Waals surface area contributed by atoms with E-state index in [0.717, 1.165) is 0 Å². The number of aromatic hydroxyl groups is 1. The van der Waals surface area contributed by atoms with Crippen molar-refractivity contribution < 1.29 is 19.5 Å². The molecule has 0 saturated carbocycles. The van der Waals surface area contributed by atoms with Crippen LogP contribution in [0.4, 0.5) is 17.2 Å².